The number of alkyl halides is 3. The molecule has 0 aliphatic carbocycles. The minimum atomic E-state index is -4.58. The van der Waals surface area contributed by atoms with E-state index in [9.17, 15) is 23.1 Å². The topological polar surface area (TPSA) is 49.3 Å². The summed E-state index contributed by atoms with van der Waals surface area (Å²) in [6, 6.07) is 7.26. The lowest BCUT2D eigenvalue weighted by Crippen LogP contribution is -2.23. The van der Waals surface area contributed by atoms with Gasteiger partial charge in [0.1, 0.15) is 5.75 Å². The van der Waals surface area contributed by atoms with Crippen LogP contribution in [-0.4, -0.2) is 11.0 Å². The van der Waals surface area contributed by atoms with Crippen molar-refractivity contribution < 1.29 is 23.1 Å². The molecule has 2 rings (SSSR count). The number of carbonyl (C=O) groups excluding carboxylic acids is 1. The second-order valence-corrected chi connectivity index (χ2v) is 5.50. The molecule has 0 fully saturated rings. The van der Waals surface area contributed by atoms with Gasteiger partial charge in [0.25, 0.3) is 5.91 Å². The Morgan fingerprint density at radius 1 is 1.13 bits per heavy atom. The Bertz CT molecular complexity index is 748. The summed E-state index contributed by atoms with van der Waals surface area (Å²) in [5.74, 6) is -0.938. The van der Waals surface area contributed by atoms with Crippen molar-refractivity contribution in [2.45, 2.75) is 12.7 Å². The quantitative estimate of drug-likeness (QED) is 0.833. The number of halogens is 5. The molecule has 0 spiro atoms. The number of hydrogen-bond donors (Lipinski definition) is 2. The Balaban J connectivity index is 2.15. The molecule has 2 aromatic rings. The molecular formula is C15H10Cl2F3NO2. The highest BCUT2D eigenvalue weighted by Gasteiger charge is 2.33. The lowest BCUT2D eigenvalue weighted by atomic mass is 10.1. The molecule has 0 saturated carbocycles. The normalized spacial score (nSPS) is 11.3. The fourth-order valence-electron chi connectivity index (χ4n) is 1.87. The first-order valence-corrected chi connectivity index (χ1v) is 7.06. The van der Waals surface area contributed by atoms with E-state index in [0.29, 0.717) is 0 Å². The first-order valence-electron chi connectivity index (χ1n) is 6.31. The Kier molecular flexibility index (Phi) is 5.06. The van der Waals surface area contributed by atoms with E-state index in [1.54, 1.807) is 0 Å². The molecule has 8 heteroatoms. The van der Waals surface area contributed by atoms with E-state index in [2.05, 4.69) is 5.32 Å². The van der Waals surface area contributed by atoms with Crippen molar-refractivity contribution in [3.05, 3.63) is 63.1 Å². The summed E-state index contributed by atoms with van der Waals surface area (Å²) >= 11 is 11.3. The largest absolute Gasteiger partial charge is 0.507 e. The maximum atomic E-state index is 12.8. The van der Waals surface area contributed by atoms with E-state index in [0.717, 1.165) is 12.1 Å². The number of phenolic OH excluding ortho intramolecular Hbond substituents is 1. The van der Waals surface area contributed by atoms with Crippen LogP contribution in [0, 0.1) is 0 Å². The van der Waals surface area contributed by atoms with Crippen LogP contribution in [0.25, 0.3) is 0 Å². The summed E-state index contributed by atoms with van der Waals surface area (Å²) < 4.78 is 38.3. The average molecular weight is 364 g/mol. The van der Waals surface area contributed by atoms with Gasteiger partial charge in [-0.05, 0) is 35.9 Å². The molecule has 2 aromatic carbocycles. The summed E-state index contributed by atoms with van der Waals surface area (Å²) in [5.41, 5.74) is -0.824. The number of benzene rings is 2. The fourth-order valence-corrected chi connectivity index (χ4v) is 2.26. The minimum absolute atomic E-state index is 0.0671. The maximum Gasteiger partial charge on any atom is 0.417 e. The van der Waals surface area contributed by atoms with Gasteiger partial charge in [-0.15, -0.1) is 0 Å². The second-order valence-electron chi connectivity index (χ2n) is 4.66. The highest BCUT2D eigenvalue weighted by Crippen LogP contribution is 2.35. The van der Waals surface area contributed by atoms with Gasteiger partial charge in [0.05, 0.1) is 16.1 Å². The third-order valence-electron chi connectivity index (χ3n) is 2.99. The van der Waals surface area contributed by atoms with Crippen LogP contribution in [0.3, 0.4) is 0 Å². The van der Waals surface area contributed by atoms with E-state index in [1.165, 1.54) is 24.3 Å². The van der Waals surface area contributed by atoms with Crippen molar-refractivity contribution in [3.63, 3.8) is 0 Å². The summed E-state index contributed by atoms with van der Waals surface area (Å²) in [4.78, 5) is 12.0. The first-order chi connectivity index (χ1) is 10.7. The summed E-state index contributed by atoms with van der Waals surface area (Å²) in [6.45, 7) is -0.162. The van der Waals surface area contributed by atoms with Gasteiger partial charge in [0.15, 0.2) is 0 Å². The molecule has 0 aliphatic rings. The lowest BCUT2D eigenvalue weighted by Gasteiger charge is -2.12. The summed E-state index contributed by atoms with van der Waals surface area (Å²) in [5, 5.41) is 11.8. The van der Waals surface area contributed by atoms with Gasteiger partial charge in [0.2, 0.25) is 0 Å². The maximum absolute atomic E-state index is 12.8. The standard InChI is InChI=1S/C15H10Cl2F3NO2/c16-9-2-4-13(22)10(6-9)14(23)21-7-8-1-3-12(17)11(5-8)15(18,19)20/h1-6,22H,7H2,(H,21,23). The van der Waals surface area contributed by atoms with E-state index in [-0.39, 0.29) is 28.4 Å². The number of phenols is 1. The zero-order chi connectivity index (χ0) is 17.2. The molecule has 122 valence electrons. The van der Waals surface area contributed by atoms with Crippen LogP contribution in [0.4, 0.5) is 13.2 Å². The van der Waals surface area contributed by atoms with E-state index < -0.39 is 22.7 Å². The monoisotopic (exact) mass is 363 g/mol. The Morgan fingerprint density at radius 3 is 2.48 bits per heavy atom. The zero-order valence-electron chi connectivity index (χ0n) is 11.4. The zero-order valence-corrected chi connectivity index (χ0v) is 12.9. The van der Waals surface area contributed by atoms with Gasteiger partial charge in [-0.25, -0.2) is 0 Å². The van der Waals surface area contributed by atoms with Crippen LogP contribution in [0.1, 0.15) is 21.5 Å². The van der Waals surface area contributed by atoms with Crippen LogP contribution >= 0.6 is 23.2 Å². The lowest BCUT2D eigenvalue weighted by molar-refractivity contribution is -0.137. The number of carbonyl (C=O) groups is 1. The van der Waals surface area contributed by atoms with Gasteiger partial charge >= 0.3 is 6.18 Å². The van der Waals surface area contributed by atoms with Crippen molar-refractivity contribution in [2.75, 3.05) is 0 Å². The Hall–Kier alpha value is -1.92. The van der Waals surface area contributed by atoms with Crippen LogP contribution < -0.4 is 5.32 Å². The van der Waals surface area contributed by atoms with Crippen molar-refractivity contribution in [1.29, 1.82) is 0 Å². The molecule has 23 heavy (non-hydrogen) atoms. The molecule has 2 N–H and O–H groups in total. The van der Waals surface area contributed by atoms with Crippen molar-refractivity contribution in [2.24, 2.45) is 0 Å². The SMILES string of the molecule is O=C(NCc1ccc(Cl)c(C(F)(F)F)c1)c1cc(Cl)ccc1O. The third-order valence-corrected chi connectivity index (χ3v) is 3.56. The number of rotatable bonds is 3. The van der Waals surface area contributed by atoms with E-state index in [1.807, 2.05) is 0 Å². The Labute approximate surface area is 139 Å². The molecule has 3 nitrogen and oxygen atoms in total. The molecule has 0 radical (unpaired) electrons. The van der Waals surface area contributed by atoms with Gasteiger partial charge in [0, 0.05) is 11.6 Å². The highest BCUT2D eigenvalue weighted by atomic mass is 35.5. The molecule has 0 heterocycles. The van der Waals surface area contributed by atoms with Gasteiger partial charge in [-0.1, -0.05) is 29.3 Å². The highest BCUT2D eigenvalue weighted by molar-refractivity contribution is 6.31. The number of hydrogen-bond acceptors (Lipinski definition) is 2. The molecule has 0 saturated heterocycles. The van der Waals surface area contributed by atoms with E-state index >= 15 is 0 Å². The van der Waals surface area contributed by atoms with Crippen LogP contribution in [-0.2, 0) is 12.7 Å². The van der Waals surface area contributed by atoms with E-state index in [4.69, 9.17) is 23.2 Å². The molecule has 0 aliphatic heterocycles. The smallest absolute Gasteiger partial charge is 0.417 e. The van der Waals surface area contributed by atoms with Crippen molar-refractivity contribution in [1.82, 2.24) is 5.32 Å². The second kappa shape index (κ2) is 6.68. The third kappa shape index (κ3) is 4.30. The van der Waals surface area contributed by atoms with Gasteiger partial charge < -0.3 is 10.4 Å². The number of amides is 1. The molecule has 0 unspecified atom stereocenters. The predicted molar refractivity (Wildman–Crippen MR) is 80.7 cm³/mol. The minimum Gasteiger partial charge on any atom is -0.507 e. The van der Waals surface area contributed by atoms with Crippen molar-refractivity contribution >= 4 is 29.1 Å². The number of nitrogens with one attached hydrogen (secondary N) is 1. The van der Waals surface area contributed by atoms with Gasteiger partial charge in [-0.2, -0.15) is 13.2 Å². The first kappa shape index (κ1) is 17.4. The summed E-state index contributed by atoms with van der Waals surface area (Å²) in [7, 11) is 0. The molecular weight excluding hydrogens is 354 g/mol. The number of aromatic hydroxyl groups is 1. The average Bonchev–Trinajstić information content (AvgIpc) is 2.47. The van der Waals surface area contributed by atoms with Crippen molar-refractivity contribution in [3.8, 4) is 5.75 Å². The van der Waals surface area contributed by atoms with Crippen LogP contribution in [0.2, 0.25) is 10.0 Å². The predicted octanol–water partition coefficient (Wildman–Crippen LogP) is 4.65. The molecule has 1 amide bonds. The fraction of sp³-hybridized carbons (Fsp3) is 0.133. The summed E-state index contributed by atoms with van der Waals surface area (Å²) in [6.07, 6.45) is -4.58. The Morgan fingerprint density at radius 2 is 1.83 bits per heavy atom. The van der Waals surface area contributed by atoms with Crippen LogP contribution in [0.15, 0.2) is 36.4 Å². The molecule has 0 aromatic heterocycles. The van der Waals surface area contributed by atoms with Crippen LogP contribution in [0.5, 0.6) is 5.75 Å². The van der Waals surface area contributed by atoms with Gasteiger partial charge in [-0.3, -0.25) is 4.79 Å². The molecule has 0 atom stereocenters. The molecule has 0 bridgehead atoms.